The van der Waals surface area contributed by atoms with Crippen molar-refractivity contribution < 1.29 is 0 Å². The van der Waals surface area contributed by atoms with Gasteiger partial charge >= 0.3 is 0 Å². The summed E-state index contributed by atoms with van der Waals surface area (Å²) in [7, 11) is 0. The third-order valence-electron chi connectivity index (χ3n) is 3.42. The topological polar surface area (TPSA) is 0 Å². The highest BCUT2D eigenvalue weighted by molar-refractivity contribution is 5.01. The van der Waals surface area contributed by atoms with E-state index in [4.69, 9.17) is 0 Å². The summed E-state index contributed by atoms with van der Waals surface area (Å²) in [5.41, 5.74) is 0. The molecular weight excluding hydrogens is 120 g/mol. The Kier molecular flexibility index (Phi) is 1.51. The van der Waals surface area contributed by atoms with Crippen LogP contribution >= 0.6 is 0 Å². The normalized spacial score (nSPS) is 45.6. The second-order valence-electron chi connectivity index (χ2n) is 4.23. The molecule has 2 saturated carbocycles. The molecule has 10 heavy (non-hydrogen) atoms. The van der Waals surface area contributed by atoms with Gasteiger partial charge in [0.1, 0.15) is 0 Å². The first-order valence-corrected chi connectivity index (χ1v) is 4.84. The van der Waals surface area contributed by atoms with E-state index in [2.05, 4.69) is 13.8 Å². The lowest BCUT2D eigenvalue weighted by atomic mass is 10.1. The van der Waals surface area contributed by atoms with E-state index < -0.39 is 0 Å². The van der Waals surface area contributed by atoms with Gasteiger partial charge < -0.3 is 0 Å². The van der Waals surface area contributed by atoms with E-state index in [9.17, 15) is 0 Å². The van der Waals surface area contributed by atoms with Gasteiger partial charge in [-0.1, -0.05) is 26.7 Å². The predicted molar refractivity (Wildman–Crippen MR) is 43.8 cm³/mol. The molecule has 0 bridgehead atoms. The number of hydrogen-bond donors (Lipinski definition) is 0. The van der Waals surface area contributed by atoms with Crippen LogP contribution in [0.15, 0.2) is 0 Å². The quantitative estimate of drug-likeness (QED) is 0.562. The highest BCUT2D eigenvalue weighted by atomic mass is 14.6. The Bertz CT molecular complexity index is 124. The van der Waals surface area contributed by atoms with Crippen LogP contribution < -0.4 is 0 Å². The summed E-state index contributed by atoms with van der Waals surface area (Å²) in [6.45, 7) is 4.76. The zero-order valence-corrected chi connectivity index (χ0v) is 7.14. The molecule has 0 N–H and O–H groups in total. The van der Waals surface area contributed by atoms with Crippen molar-refractivity contribution in [1.29, 1.82) is 0 Å². The van der Waals surface area contributed by atoms with Gasteiger partial charge in [-0.25, -0.2) is 0 Å². The average Bonchev–Trinajstić information content (AvgIpc) is 2.72. The van der Waals surface area contributed by atoms with Crippen LogP contribution in [0.2, 0.25) is 0 Å². The molecule has 0 aromatic heterocycles. The summed E-state index contributed by atoms with van der Waals surface area (Å²) in [5.74, 6) is 4.57. The number of hydrogen-bond acceptors (Lipinski definition) is 0. The van der Waals surface area contributed by atoms with E-state index in [0.717, 1.165) is 11.8 Å². The van der Waals surface area contributed by atoms with Crippen molar-refractivity contribution in [2.24, 2.45) is 23.7 Å². The molecule has 2 rings (SSSR count). The lowest BCUT2D eigenvalue weighted by Crippen LogP contribution is -1.83. The average molecular weight is 138 g/mol. The van der Waals surface area contributed by atoms with Crippen LogP contribution in [0.1, 0.15) is 39.5 Å². The van der Waals surface area contributed by atoms with Crippen LogP contribution in [-0.4, -0.2) is 0 Å². The SMILES string of the molecule is CCCC1C(C)C1C1CC1. The largest absolute Gasteiger partial charge is 0.0654 e. The summed E-state index contributed by atoms with van der Waals surface area (Å²) in [6.07, 6.45) is 6.00. The summed E-state index contributed by atoms with van der Waals surface area (Å²) < 4.78 is 0. The molecule has 0 nitrogen and oxygen atoms in total. The third kappa shape index (κ3) is 0.980. The Morgan fingerprint density at radius 3 is 2.50 bits per heavy atom. The van der Waals surface area contributed by atoms with E-state index >= 15 is 0 Å². The van der Waals surface area contributed by atoms with Gasteiger partial charge in [0.15, 0.2) is 0 Å². The van der Waals surface area contributed by atoms with E-state index in [0.29, 0.717) is 0 Å². The standard InChI is InChI=1S/C10H18/c1-3-4-9-7(2)10(9)8-5-6-8/h7-10H,3-6H2,1-2H3. The molecule has 0 aromatic rings. The first kappa shape index (κ1) is 6.69. The molecule has 2 fully saturated rings. The molecule has 0 radical (unpaired) electrons. The number of rotatable bonds is 3. The van der Waals surface area contributed by atoms with Gasteiger partial charge in [-0.05, 0) is 36.5 Å². The van der Waals surface area contributed by atoms with Gasteiger partial charge in [-0.15, -0.1) is 0 Å². The fourth-order valence-electron chi connectivity index (χ4n) is 2.63. The molecule has 0 spiro atoms. The Hall–Kier alpha value is 0. The van der Waals surface area contributed by atoms with Gasteiger partial charge in [-0.3, -0.25) is 0 Å². The molecule has 58 valence electrons. The zero-order valence-electron chi connectivity index (χ0n) is 7.14. The zero-order chi connectivity index (χ0) is 7.14. The molecular formula is C10H18. The van der Waals surface area contributed by atoms with Crippen molar-refractivity contribution >= 4 is 0 Å². The van der Waals surface area contributed by atoms with Gasteiger partial charge in [-0.2, -0.15) is 0 Å². The van der Waals surface area contributed by atoms with E-state index in [1.807, 2.05) is 0 Å². The molecule has 0 aromatic carbocycles. The third-order valence-corrected chi connectivity index (χ3v) is 3.42. The van der Waals surface area contributed by atoms with Crippen LogP contribution in [0.4, 0.5) is 0 Å². The van der Waals surface area contributed by atoms with E-state index in [1.54, 1.807) is 12.8 Å². The summed E-state index contributed by atoms with van der Waals surface area (Å²) in [4.78, 5) is 0. The predicted octanol–water partition coefficient (Wildman–Crippen LogP) is 3.08. The van der Waals surface area contributed by atoms with Crippen molar-refractivity contribution in [2.45, 2.75) is 39.5 Å². The smallest absolute Gasteiger partial charge is 0.0326 e. The minimum absolute atomic E-state index is 1.09. The maximum absolute atomic E-state index is 2.45. The molecule has 0 saturated heterocycles. The Balaban J connectivity index is 1.79. The van der Waals surface area contributed by atoms with Crippen LogP contribution in [0, 0.1) is 23.7 Å². The van der Waals surface area contributed by atoms with Crippen LogP contribution in [0.5, 0.6) is 0 Å². The van der Waals surface area contributed by atoms with Gasteiger partial charge in [0.05, 0.1) is 0 Å². The van der Waals surface area contributed by atoms with Gasteiger partial charge in [0.2, 0.25) is 0 Å². The second kappa shape index (κ2) is 2.25. The first-order chi connectivity index (χ1) is 4.84. The summed E-state index contributed by atoms with van der Waals surface area (Å²) in [6, 6.07) is 0. The molecule has 0 heterocycles. The molecule has 0 aliphatic heterocycles. The van der Waals surface area contributed by atoms with Crippen molar-refractivity contribution in [3.8, 4) is 0 Å². The van der Waals surface area contributed by atoms with Crippen LogP contribution in [0.3, 0.4) is 0 Å². The molecule has 3 unspecified atom stereocenters. The Labute approximate surface area is 64.0 Å². The van der Waals surface area contributed by atoms with Crippen molar-refractivity contribution in [1.82, 2.24) is 0 Å². The highest BCUT2D eigenvalue weighted by Crippen LogP contribution is 2.60. The van der Waals surface area contributed by atoms with Crippen molar-refractivity contribution in [2.75, 3.05) is 0 Å². The molecule has 2 aliphatic carbocycles. The van der Waals surface area contributed by atoms with E-state index in [-0.39, 0.29) is 0 Å². The van der Waals surface area contributed by atoms with Crippen LogP contribution in [-0.2, 0) is 0 Å². The lowest BCUT2D eigenvalue weighted by molar-refractivity contribution is 0.587. The van der Waals surface area contributed by atoms with Gasteiger partial charge in [0.25, 0.3) is 0 Å². The molecule has 0 amide bonds. The molecule has 2 aliphatic rings. The summed E-state index contributed by atoms with van der Waals surface area (Å²) in [5, 5.41) is 0. The summed E-state index contributed by atoms with van der Waals surface area (Å²) >= 11 is 0. The second-order valence-corrected chi connectivity index (χ2v) is 4.23. The fraction of sp³-hybridized carbons (Fsp3) is 1.00. The van der Waals surface area contributed by atoms with Crippen molar-refractivity contribution in [3.05, 3.63) is 0 Å². The minimum atomic E-state index is 1.09. The Morgan fingerprint density at radius 1 is 1.30 bits per heavy atom. The minimum Gasteiger partial charge on any atom is -0.0654 e. The monoisotopic (exact) mass is 138 g/mol. The maximum atomic E-state index is 2.45. The Morgan fingerprint density at radius 2 is 2.00 bits per heavy atom. The fourth-order valence-corrected chi connectivity index (χ4v) is 2.63. The molecule has 0 heteroatoms. The van der Waals surface area contributed by atoms with E-state index in [1.165, 1.54) is 24.7 Å². The van der Waals surface area contributed by atoms with Crippen molar-refractivity contribution in [3.63, 3.8) is 0 Å². The first-order valence-electron chi connectivity index (χ1n) is 4.84. The lowest BCUT2D eigenvalue weighted by Gasteiger charge is -1.91. The maximum Gasteiger partial charge on any atom is -0.0326 e. The van der Waals surface area contributed by atoms with Crippen LogP contribution in [0.25, 0.3) is 0 Å². The molecule has 3 atom stereocenters. The highest BCUT2D eigenvalue weighted by Gasteiger charge is 2.52. The van der Waals surface area contributed by atoms with Gasteiger partial charge in [0, 0.05) is 0 Å².